The Morgan fingerprint density at radius 3 is 1.98 bits per heavy atom. The van der Waals surface area contributed by atoms with E-state index in [2.05, 4.69) is 0 Å². The van der Waals surface area contributed by atoms with Crippen LogP contribution in [0.5, 0.6) is 0 Å². The average molecular weight is 862 g/mol. The third-order valence-corrected chi connectivity index (χ3v) is 12.9. The normalized spacial score (nSPS) is 18.5. The summed E-state index contributed by atoms with van der Waals surface area (Å²) in [4.78, 5) is 71.3. The summed E-state index contributed by atoms with van der Waals surface area (Å²) in [5.74, 6) is -5.34. The van der Waals surface area contributed by atoms with Gasteiger partial charge in [-0.25, -0.2) is 13.1 Å². The van der Waals surface area contributed by atoms with E-state index < -0.39 is 70.7 Å². The lowest BCUT2D eigenvalue weighted by Gasteiger charge is -2.41. The summed E-state index contributed by atoms with van der Waals surface area (Å²) in [5.41, 5.74) is 0.197. The van der Waals surface area contributed by atoms with E-state index in [0.717, 1.165) is 12.1 Å². The highest BCUT2D eigenvalue weighted by atomic mass is 32.2. The number of nitrogens with zero attached hydrogens (tertiary/aromatic N) is 3. The molecule has 1 aromatic carbocycles. The lowest BCUT2D eigenvalue weighted by Crippen LogP contribution is -2.54. The number of ketones is 1. The molecule has 1 aromatic rings. The molecule has 2 rings (SSSR count). The second-order valence-electron chi connectivity index (χ2n) is 16.6. The number of hydrogen-bond acceptors (Lipinski definition) is 10. The van der Waals surface area contributed by atoms with Crippen molar-refractivity contribution in [1.82, 2.24) is 24.7 Å². The Morgan fingerprint density at radius 1 is 0.915 bits per heavy atom. The van der Waals surface area contributed by atoms with Gasteiger partial charge in [0, 0.05) is 46.7 Å². The summed E-state index contributed by atoms with van der Waals surface area (Å²) in [5, 5.41) is 1.70. The number of carbonyl (C=O) groups excluding carboxylic acids is 5. The summed E-state index contributed by atoms with van der Waals surface area (Å²) in [6, 6.07) is 3.16. The maximum Gasteiger partial charge on any atom is 0.471 e. The van der Waals surface area contributed by atoms with E-state index in [0.29, 0.717) is 25.8 Å². The van der Waals surface area contributed by atoms with E-state index >= 15 is 0 Å². The van der Waals surface area contributed by atoms with Crippen molar-refractivity contribution in [3.8, 4) is 0 Å². The first-order chi connectivity index (χ1) is 27.3. The first-order valence-electron chi connectivity index (χ1n) is 20.2. The Balaban J connectivity index is 2.25. The van der Waals surface area contributed by atoms with Gasteiger partial charge in [-0.05, 0) is 62.4 Å². The smallest absolute Gasteiger partial charge is 0.379 e. The summed E-state index contributed by atoms with van der Waals surface area (Å²) in [6.07, 6.45) is -4.97. The molecule has 1 aliphatic rings. The predicted molar refractivity (Wildman–Crippen MR) is 216 cm³/mol. The minimum Gasteiger partial charge on any atom is -0.379 e. The Morgan fingerprint density at radius 2 is 1.51 bits per heavy atom. The number of methoxy groups -OCH3 is 2. The SMILES string of the molecule is CC[C@H](C)[C@@H]([C@@H](CC(=O)N1CCC[C@H]1[C@H](OC)[C@@H](C)C(=O)NS(=O)(=O)c1ccc(CNC(=O)C(F)(F)F)cc1)OC)N(C)C(=O)[C@@H](CC(=O)[C@H](C(C)C)N(C)C)C(C)C. The minimum atomic E-state index is -5.07. The molecule has 0 aliphatic carbocycles. The Kier molecular flexibility index (Phi) is 19.5. The number of benzene rings is 1. The summed E-state index contributed by atoms with van der Waals surface area (Å²) in [7, 11) is 3.83. The van der Waals surface area contributed by atoms with Crippen molar-refractivity contribution < 1.29 is 55.0 Å². The second kappa shape index (κ2) is 22.3. The van der Waals surface area contributed by atoms with Crippen molar-refractivity contribution in [2.45, 2.75) is 129 Å². The summed E-state index contributed by atoms with van der Waals surface area (Å²) < 4.78 is 77.6. The van der Waals surface area contributed by atoms with Gasteiger partial charge < -0.3 is 24.6 Å². The van der Waals surface area contributed by atoms with Gasteiger partial charge in [-0.3, -0.25) is 28.9 Å². The van der Waals surface area contributed by atoms with Gasteiger partial charge in [-0.15, -0.1) is 0 Å². The highest BCUT2D eigenvalue weighted by Crippen LogP contribution is 2.31. The molecule has 0 spiro atoms. The van der Waals surface area contributed by atoms with Gasteiger partial charge in [0.05, 0.1) is 47.6 Å². The van der Waals surface area contributed by atoms with Crippen LogP contribution >= 0.6 is 0 Å². The van der Waals surface area contributed by atoms with Gasteiger partial charge in [0.2, 0.25) is 17.7 Å². The fourth-order valence-electron chi connectivity index (χ4n) is 8.12. The van der Waals surface area contributed by atoms with Crippen molar-refractivity contribution in [3.05, 3.63) is 29.8 Å². The van der Waals surface area contributed by atoms with Crippen LogP contribution in [-0.2, 0) is 50.0 Å². The van der Waals surface area contributed by atoms with Crippen LogP contribution in [0.4, 0.5) is 13.2 Å². The maximum absolute atomic E-state index is 14.3. The van der Waals surface area contributed by atoms with Crippen LogP contribution in [0.3, 0.4) is 0 Å². The van der Waals surface area contributed by atoms with E-state index in [1.54, 1.807) is 22.2 Å². The van der Waals surface area contributed by atoms with Crippen LogP contribution in [0.25, 0.3) is 0 Å². The van der Waals surface area contributed by atoms with Crippen LogP contribution in [0.2, 0.25) is 0 Å². The standard InChI is InChI=1S/C41H66F3N5O9S/c1-13-26(6)36(48(10)39(53)30(24(2)3)21-32(50)35(25(4)5)47(8)9)33(57-11)22-34(51)49-20-14-15-31(49)37(58-12)27(7)38(52)46-59(55,56)29-18-16-28(17-19-29)23-45-40(54)41(42,43)44/h16-19,24-27,30-31,33,35-37H,13-15,20-23H2,1-12H3,(H,45,54)(H,46,52)/t26-,27+,30-,31-,33+,35-,36-,37+/m0/s1. The molecule has 0 radical (unpaired) electrons. The first-order valence-corrected chi connectivity index (χ1v) is 21.6. The van der Waals surface area contributed by atoms with Crippen molar-refractivity contribution in [2.24, 2.45) is 29.6 Å². The molecule has 14 nitrogen and oxygen atoms in total. The Labute approximate surface area is 348 Å². The van der Waals surface area contributed by atoms with Crippen LogP contribution in [-0.4, -0.2) is 131 Å². The topological polar surface area (TPSA) is 172 Å². The van der Waals surface area contributed by atoms with Gasteiger partial charge in [0.15, 0.2) is 5.78 Å². The highest BCUT2D eigenvalue weighted by Gasteiger charge is 2.44. The largest absolute Gasteiger partial charge is 0.471 e. The number of carbonyl (C=O) groups is 5. The minimum absolute atomic E-state index is 0.00949. The van der Waals surface area contributed by atoms with Crippen molar-refractivity contribution in [3.63, 3.8) is 0 Å². The van der Waals surface area contributed by atoms with E-state index in [-0.39, 0.29) is 64.7 Å². The molecule has 59 heavy (non-hydrogen) atoms. The number of alkyl halides is 3. The summed E-state index contributed by atoms with van der Waals surface area (Å²) in [6.45, 7) is 13.1. The van der Waals surface area contributed by atoms with Gasteiger partial charge in [-0.1, -0.05) is 67.0 Å². The van der Waals surface area contributed by atoms with Crippen LogP contribution in [0, 0.1) is 29.6 Å². The van der Waals surface area contributed by atoms with Gasteiger partial charge in [0.1, 0.15) is 0 Å². The van der Waals surface area contributed by atoms with Crippen molar-refractivity contribution >= 4 is 39.4 Å². The van der Waals surface area contributed by atoms with E-state index in [9.17, 15) is 45.6 Å². The third-order valence-electron chi connectivity index (χ3n) is 11.5. The molecule has 2 N–H and O–H groups in total. The predicted octanol–water partition coefficient (Wildman–Crippen LogP) is 4.41. The van der Waals surface area contributed by atoms with Crippen molar-refractivity contribution in [2.75, 3.05) is 41.9 Å². The number of nitrogens with one attached hydrogen (secondary N) is 2. The molecule has 18 heteroatoms. The lowest BCUT2D eigenvalue weighted by atomic mass is 9.83. The van der Waals surface area contributed by atoms with Crippen LogP contribution in [0.15, 0.2) is 29.2 Å². The number of likely N-dealkylation sites (N-methyl/N-ethyl adjacent to an activating group) is 2. The fraction of sp³-hybridized carbons (Fsp3) is 0.732. The molecule has 8 atom stereocenters. The van der Waals surface area contributed by atoms with E-state index in [4.69, 9.17) is 9.47 Å². The number of amides is 4. The fourth-order valence-corrected chi connectivity index (χ4v) is 9.19. The van der Waals surface area contributed by atoms with Gasteiger partial charge in [0.25, 0.3) is 10.0 Å². The number of halogens is 3. The maximum atomic E-state index is 14.3. The van der Waals surface area contributed by atoms with E-state index in [1.807, 2.05) is 65.3 Å². The molecular formula is C41H66F3N5O9S. The van der Waals surface area contributed by atoms with Crippen LogP contribution < -0.4 is 10.0 Å². The molecule has 0 bridgehead atoms. The number of rotatable bonds is 22. The number of Topliss-reactive ketones (excluding diaryl/α,β-unsaturated/α-hetero) is 1. The molecule has 336 valence electrons. The quantitative estimate of drug-likeness (QED) is 0.170. The zero-order valence-electron chi connectivity index (χ0n) is 36.6. The Hall–Kier alpha value is -3.61. The lowest BCUT2D eigenvalue weighted by molar-refractivity contribution is -0.173. The molecule has 4 amide bonds. The number of sulfonamides is 1. The average Bonchev–Trinajstić information content (AvgIpc) is 3.64. The molecule has 0 unspecified atom stereocenters. The summed E-state index contributed by atoms with van der Waals surface area (Å²) >= 11 is 0. The molecule has 0 saturated carbocycles. The first kappa shape index (κ1) is 51.5. The third kappa shape index (κ3) is 13.7. The molecule has 1 heterocycles. The van der Waals surface area contributed by atoms with E-state index in [1.165, 1.54) is 33.3 Å². The van der Waals surface area contributed by atoms with Crippen molar-refractivity contribution in [1.29, 1.82) is 0 Å². The van der Waals surface area contributed by atoms with Gasteiger partial charge in [-0.2, -0.15) is 13.2 Å². The van der Waals surface area contributed by atoms with Gasteiger partial charge >= 0.3 is 12.1 Å². The molecule has 1 fully saturated rings. The zero-order chi connectivity index (χ0) is 45.2. The second-order valence-corrected chi connectivity index (χ2v) is 18.2. The molecule has 1 saturated heterocycles. The monoisotopic (exact) mass is 861 g/mol. The van der Waals surface area contributed by atoms with Crippen LogP contribution in [0.1, 0.15) is 86.1 Å². The molecular weight excluding hydrogens is 796 g/mol. The zero-order valence-corrected chi connectivity index (χ0v) is 37.4. The number of hydrogen-bond donors (Lipinski definition) is 2. The number of likely N-dealkylation sites (tertiary alicyclic amines) is 1. The molecule has 0 aromatic heterocycles. The Bertz CT molecular complexity index is 1680. The number of ether oxygens (including phenoxy) is 2. The highest BCUT2D eigenvalue weighted by molar-refractivity contribution is 7.90. The molecule has 1 aliphatic heterocycles.